The molecule has 220 valence electrons. The molecule has 1 aromatic carbocycles. The van der Waals surface area contributed by atoms with Gasteiger partial charge in [0.25, 0.3) is 0 Å². The summed E-state index contributed by atoms with van der Waals surface area (Å²) >= 11 is 0. The van der Waals surface area contributed by atoms with Crippen LogP contribution in [-0.4, -0.2) is 115 Å². The maximum Gasteiger partial charge on any atom is 0.338 e. The minimum absolute atomic E-state index is 0.191. The molecule has 13 heteroatoms. The largest absolute Gasteiger partial charge is 0.493 e. The molecule has 3 unspecified atom stereocenters. The predicted molar refractivity (Wildman–Crippen MR) is 144 cm³/mol. The fourth-order valence-corrected chi connectivity index (χ4v) is 4.98. The minimum Gasteiger partial charge on any atom is -0.493 e. The van der Waals surface area contributed by atoms with Crippen molar-refractivity contribution in [2.45, 2.75) is 51.2 Å². The summed E-state index contributed by atoms with van der Waals surface area (Å²) in [6.45, 7) is 6.68. The Bertz CT molecular complexity index is 1080. The van der Waals surface area contributed by atoms with Gasteiger partial charge in [-0.25, -0.2) is 9.48 Å². The van der Waals surface area contributed by atoms with E-state index in [9.17, 15) is 9.59 Å². The number of methoxy groups -OCH3 is 2. The Morgan fingerprint density at radius 1 is 0.950 bits per heavy atom. The van der Waals surface area contributed by atoms with E-state index in [0.29, 0.717) is 55.4 Å². The molecular formula is C27H40N6O7. The average Bonchev–Trinajstić information content (AvgIpc) is 3.39. The molecule has 1 aromatic heterocycles. The second-order valence-corrected chi connectivity index (χ2v) is 9.95. The van der Waals surface area contributed by atoms with Crippen LogP contribution < -0.4 is 14.2 Å². The number of hydrogen-bond acceptors (Lipinski definition) is 12. The van der Waals surface area contributed by atoms with E-state index in [1.54, 1.807) is 12.1 Å². The Hall–Kier alpha value is -3.45. The summed E-state index contributed by atoms with van der Waals surface area (Å²) in [6, 6.07) is 3.22. The lowest BCUT2D eigenvalue weighted by Gasteiger charge is -2.24. The summed E-state index contributed by atoms with van der Waals surface area (Å²) in [4.78, 5) is 30.3. The van der Waals surface area contributed by atoms with Gasteiger partial charge in [0.05, 0.1) is 46.0 Å². The van der Waals surface area contributed by atoms with Crippen molar-refractivity contribution in [1.82, 2.24) is 30.0 Å². The van der Waals surface area contributed by atoms with Gasteiger partial charge in [0.1, 0.15) is 12.4 Å². The number of cyclic esters (lactones) is 1. The van der Waals surface area contributed by atoms with Crippen LogP contribution in [0.5, 0.6) is 17.2 Å². The molecule has 0 amide bonds. The molecule has 0 spiro atoms. The number of hydrogen-bond donors (Lipinski definition) is 0. The zero-order valence-corrected chi connectivity index (χ0v) is 23.5. The number of aryl methyl sites for hydroxylation is 1. The molecule has 1 fully saturated rings. The van der Waals surface area contributed by atoms with Gasteiger partial charge in [-0.2, -0.15) is 0 Å². The van der Waals surface area contributed by atoms with Crippen LogP contribution in [0.1, 0.15) is 48.9 Å². The molecule has 1 saturated heterocycles. The number of rotatable bonds is 6. The first-order valence-corrected chi connectivity index (χ1v) is 14.0. The molecule has 0 saturated carbocycles. The first-order valence-electron chi connectivity index (χ1n) is 14.0. The number of aromatic nitrogens is 4. The van der Waals surface area contributed by atoms with Crippen LogP contribution >= 0.6 is 0 Å². The average molecular weight is 561 g/mol. The number of fused-ring (bicyclic) bond motifs is 5. The molecule has 0 N–H and O–H groups in total. The monoisotopic (exact) mass is 560 g/mol. The Balaban J connectivity index is 1.45. The summed E-state index contributed by atoms with van der Waals surface area (Å²) in [5, 5.41) is 11.0. The highest BCUT2D eigenvalue weighted by molar-refractivity contribution is 5.91. The van der Waals surface area contributed by atoms with Gasteiger partial charge in [-0.15, -0.1) is 5.10 Å². The van der Waals surface area contributed by atoms with Gasteiger partial charge in [-0.1, -0.05) is 0 Å². The lowest BCUT2D eigenvalue weighted by Crippen LogP contribution is -2.34. The molecule has 40 heavy (non-hydrogen) atoms. The van der Waals surface area contributed by atoms with Gasteiger partial charge in [0.2, 0.25) is 5.75 Å². The highest BCUT2D eigenvalue weighted by Gasteiger charge is 2.22. The summed E-state index contributed by atoms with van der Waals surface area (Å²) in [5.41, 5.74) is 0.338. The fraction of sp³-hybridized carbons (Fsp3) is 0.667. The van der Waals surface area contributed by atoms with Crippen molar-refractivity contribution in [3.63, 3.8) is 0 Å². The van der Waals surface area contributed by atoms with Gasteiger partial charge in [-0.3, -0.25) is 4.79 Å². The van der Waals surface area contributed by atoms with Gasteiger partial charge < -0.3 is 33.5 Å². The third-order valence-electron chi connectivity index (χ3n) is 7.14. The third kappa shape index (κ3) is 8.78. The molecule has 0 aliphatic carbocycles. The smallest absolute Gasteiger partial charge is 0.338 e. The fourth-order valence-electron chi connectivity index (χ4n) is 4.98. The van der Waals surface area contributed by atoms with Crippen LogP contribution in [-0.2, 0) is 20.8 Å². The van der Waals surface area contributed by atoms with E-state index < -0.39 is 5.97 Å². The van der Waals surface area contributed by atoms with E-state index in [4.69, 9.17) is 23.7 Å². The van der Waals surface area contributed by atoms with Crippen molar-refractivity contribution >= 4 is 11.9 Å². The highest BCUT2D eigenvalue weighted by Crippen LogP contribution is 2.38. The summed E-state index contributed by atoms with van der Waals surface area (Å²) in [6.07, 6.45) is 5.26. The van der Waals surface area contributed by atoms with E-state index >= 15 is 0 Å². The Morgan fingerprint density at radius 2 is 1.73 bits per heavy atom. The molecule has 4 bridgehead atoms. The lowest BCUT2D eigenvalue weighted by molar-refractivity contribution is -0.150. The van der Waals surface area contributed by atoms with Crippen molar-refractivity contribution in [3.8, 4) is 17.2 Å². The lowest BCUT2D eigenvalue weighted by atomic mass is 10.1. The molecule has 2 aliphatic heterocycles. The van der Waals surface area contributed by atoms with E-state index in [2.05, 4.69) is 25.3 Å². The first kappa shape index (κ1) is 29.5. The predicted octanol–water partition coefficient (Wildman–Crippen LogP) is 1.81. The van der Waals surface area contributed by atoms with E-state index in [1.165, 1.54) is 25.2 Å². The Labute approximate surface area is 234 Å². The van der Waals surface area contributed by atoms with Gasteiger partial charge in [0.15, 0.2) is 11.5 Å². The molecule has 13 nitrogen and oxygen atoms in total. The summed E-state index contributed by atoms with van der Waals surface area (Å²) in [5.74, 6) is 0.483. The second kappa shape index (κ2) is 15.4. The number of tetrazole rings is 1. The van der Waals surface area contributed by atoms with Gasteiger partial charge in [0, 0.05) is 26.2 Å². The summed E-state index contributed by atoms with van der Waals surface area (Å²) in [7, 11) is 3.04. The molecule has 4 rings (SSSR count). The van der Waals surface area contributed by atoms with E-state index in [-0.39, 0.29) is 18.5 Å². The quantitative estimate of drug-likeness (QED) is 0.478. The number of benzene rings is 1. The van der Waals surface area contributed by atoms with Crippen LogP contribution in [0, 0.1) is 0 Å². The first-order chi connectivity index (χ1) is 19.6. The Kier molecular flexibility index (Phi) is 11.3. The van der Waals surface area contributed by atoms with Gasteiger partial charge >= 0.3 is 11.9 Å². The molecule has 2 aromatic rings. The molecule has 2 aliphatic rings. The number of esters is 2. The number of carbonyl (C=O) groups is 2. The van der Waals surface area contributed by atoms with E-state index in [0.717, 1.165) is 58.5 Å². The molecule has 3 atom stereocenters. The maximum atomic E-state index is 12.8. The van der Waals surface area contributed by atoms with Crippen LogP contribution in [0.25, 0.3) is 0 Å². The number of ether oxygens (including phenoxy) is 5. The number of nitrogens with zero attached hydrogens (tertiary/aromatic N) is 6. The summed E-state index contributed by atoms with van der Waals surface area (Å²) < 4.78 is 30.0. The topological polar surface area (TPSA) is 130 Å². The number of carbonyl (C=O) groups excluding carboxylic acids is 2. The van der Waals surface area contributed by atoms with Crippen LogP contribution in [0.2, 0.25) is 0 Å². The van der Waals surface area contributed by atoms with Crippen LogP contribution in [0.3, 0.4) is 0 Å². The van der Waals surface area contributed by atoms with Crippen molar-refractivity contribution in [2.24, 2.45) is 0 Å². The normalized spacial score (nSPS) is 22.9. The van der Waals surface area contributed by atoms with Crippen LogP contribution in [0.15, 0.2) is 18.5 Å². The SMILES string of the molecule is COc1cc2cc(c1OC)OCCCC(OC(=O)CCn1cnnn1)CCN1CCCN(CCCOC2=O)CC1. The second-order valence-electron chi connectivity index (χ2n) is 9.95. The van der Waals surface area contributed by atoms with Crippen molar-refractivity contribution in [3.05, 3.63) is 24.0 Å². The van der Waals surface area contributed by atoms with Crippen LogP contribution in [0.4, 0.5) is 0 Å². The standard InChI is InChI=1S/C27H40N6O7/c1-36-23-18-21-19-24(26(23)37-2)38-16-3-6-22(40-25(34)8-13-33-20-28-29-30-33)7-12-32-10-4-9-31(14-15-32)11-5-17-39-27(21)35/h18-20,22H,3-17H2,1-2H3. The molecule has 3 heterocycles. The van der Waals surface area contributed by atoms with E-state index in [1.807, 2.05) is 0 Å². The third-order valence-corrected chi connectivity index (χ3v) is 7.14. The zero-order chi connectivity index (χ0) is 28.2. The maximum absolute atomic E-state index is 12.8. The molecule has 0 radical (unpaired) electrons. The highest BCUT2D eigenvalue weighted by atomic mass is 16.5. The van der Waals surface area contributed by atoms with Crippen molar-refractivity contribution in [1.29, 1.82) is 0 Å². The Morgan fingerprint density at radius 3 is 2.48 bits per heavy atom. The molecular weight excluding hydrogens is 520 g/mol. The van der Waals surface area contributed by atoms with Crippen molar-refractivity contribution < 1.29 is 33.3 Å². The zero-order valence-electron chi connectivity index (χ0n) is 23.5. The van der Waals surface area contributed by atoms with Gasteiger partial charge in [-0.05, 0) is 67.8 Å². The van der Waals surface area contributed by atoms with Crippen molar-refractivity contribution in [2.75, 3.05) is 66.7 Å². The minimum atomic E-state index is -0.431.